The van der Waals surface area contributed by atoms with Crippen molar-refractivity contribution < 1.29 is 4.79 Å². The first-order valence-corrected chi connectivity index (χ1v) is 8.25. The van der Waals surface area contributed by atoms with Crippen molar-refractivity contribution in [3.8, 4) is 0 Å². The highest BCUT2D eigenvalue weighted by Gasteiger charge is 2.21. The predicted octanol–water partition coefficient (Wildman–Crippen LogP) is 1.77. The number of amides is 1. The summed E-state index contributed by atoms with van der Waals surface area (Å²) >= 11 is 1.66. The third kappa shape index (κ3) is 2.48. The van der Waals surface area contributed by atoms with Crippen LogP contribution in [0.1, 0.15) is 42.5 Å². The summed E-state index contributed by atoms with van der Waals surface area (Å²) in [5, 5.41) is 0.774. The molecule has 2 heterocycles. The molecule has 2 aromatic heterocycles. The number of hydrogen-bond acceptors (Lipinski definition) is 4. The van der Waals surface area contributed by atoms with Crippen LogP contribution in [0.4, 0.5) is 0 Å². The van der Waals surface area contributed by atoms with Crippen LogP contribution in [0.3, 0.4) is 0 Å². The molecule has 1 aliphatic rings. The molecular formula is C15H19N3O2S. The molecule has 0 unspecified atom stereocenters. The van der Waals surface area contributed by atoms with Gasteiger partial charge in [0.1, 0.15) is 10.7 Å². The number of rotatable bonds is 4. The second-order valence-electron chi connectivity index (χ2n) is 5.45. The van der Waals surface area contributed by atoms with E-state index in [0.717, 1.165) is 35.3 Å². The highest BCUT2D eigenvalue weighted by molar-refractivity contribution is 7.18. The zero-order valence-corrected chi connectivity index (χ0v) is 13.0. The molecule has 6 heteroatoms. The minimum absolute atomic E-state index is 0.00231. The van der Waals surface area contributed by atoms with Crippen LogP contribution in [0, 0.1) is 0 Å². The number of thiophene rings is 1. The van der Waals surface area contributed by atoms with Crippen molar-refractivity contribution in [3.63, 3.8) is 0 Å². The van der Waals surface area contributed by atoms with E-state index in [1.54, 1.807) is 15.9 Å². The van der Waals surface area contributed by atoms with E-state index in [1.165, 1.54) is 16.9 Å². The second-order valence-corrected chi connectivity index (χ2v) is 6.53. The summed E-state index contributed by atoms with van der Waals surface area (Å²) in [7, 11) is 0. The highest BCUT2D eigenvalue weighted by atomic mass is 32.1. The summed E-state index contributed by atoms with van der Waals surface area (Å²) in [5.74, 6) is 0.351. The first-order chi connectivity index (χ1) is 10.1. The fourth-order valence-electron chi connectivity index (χ4n) is 3.00. The van der Waals surface area contributed by atoms with Gasteiger partial charge in [-0.15, -0.1) is 11.3 Å². The average Bonchev–Trinajstić information content (AvgIpc) is 2.84. The van der Waals surface area contributed by atoms with E-state index in [9.17, 15) is 9.59 Å². The maximum Gasteiger partial charge on any atom is 0.262 e. The average molecular weight is 305 g/mol. The topological polar surface area (TPSA) is 78.0 Å². The molecule has 0 atom stereocenters. The Kier molecular flexibility index (Phi) is 3.80. The summed E-state index contributed by atoms with van der Waals surface area (Å²) in [4.78, 5) is 30.7. The van der Waals surface area contributed by atoms with E-state index in [1.807, 2.05) is 6.92 Å². The number of primary amides is 1. The van der Waals surface area contributed by atoms with Crippen molar-refractivity contribution in [2.24, 2.45) is 5.73 Å². The van der Waals surface area contributed by atoms with E-state index in [2.05, 4.69) is 4.98 Å². The van der Waals surface area contributed by atoms with Crippen LogP contribution in [0.15, 0.2) is 4.79 Å². The van der Waals surface area contributed by atoms with E-state index in [4.69, 9.17) is 5.73 Å². The van der Waals surface area contributed by atoms with E-state index < -0.39 is 5.91 Å². The molecule has 0 aromatic carbocycles. The molecular weight excluding hydrogens is 286 g/mol. The van der Waals surface area contributed by atoms with Crippen LogP contribution in [-0.2, 0) is 30.6 Å². The van der Waals surface area contributed by atoms with E-state index in [-0.39, 0.29) is 12.0 Å². The molecule has 0 bridgehead atoms. The largest absolute Gasteiger partial charge is 0.370 e. The zero-order chi connectivity index (χ0) is 15.0. The van der Waals surface area contributed by atoms with Crippen molar-refractivity contribution in [1.82, 2.24) is 9.55 Å². The summed E-state index contributed by atoms with van der Waals surface area (Å²) in [6.45, 7) is 2.30. The molecule has 2 aromatic rings. The van der Waals surface area contributed by atoms with Gasteiger partial charge in [0.2, 0.25) is 5.91 Å². The maximum atomic E-state index is 12.8. The maximum absolute atomic E-state index is 12.8. The van der Waals surface area contributed by atoms with Crippen LogP contribution in [0.2, 0.25) is 0 Å². The molecule has 0 saturated heterocycles. The van der Waals surface area contributed by atoms with Gasteiger partial charge in [-0.2, -0.15) is 0 Å². The van der Waals surface area contributed by atoms with Gasteiger partial charge < -0.3 is 5.73 Å². The zero-order valence-electron chi connectivity index (χ0n) is 12.1. The van der Waals surface area contributed by atoms with Crippen molar-refractivity contribution in [2.45, 2.75) is 52.0 Å². The lowest BCUT2D eigenvalue weighted by atomic mass is 9.97. The Morgan fingerprint density at radius 1 is 1.38 bits per heavy atom. The molecule has 0 radical (unpaired) electrons. The van der Waals surface area contributed by atoms with Crippen LogP contribution < -0.4 is 11.3 Å². The minimum Gasteiger partial charge on any atom is -0.370 e. The number of fused-ring (bicyclic) bond motifs is 3. The van der Waals surface area contributed by atoms with Gasteiger partial charge in [0.05, 0.1) is 5.39 Å². The van der Waals surface area contributed by atoms with Gasteiger partial charge in [-0.3, -0.25) is 14.2 Å². The molecule has 1 amide bonds. The van der Waals surface area contributed by atoms with Gasteiger partial charge in [-0.05, 0) is 31.2 Å². The Hall–Kier alpha value is -1.69. The number of aromatic nitrogens is 2. The number of aryl methyl sites for hydroxylation is 3. The van der Waals surface area contributed by atoms with Crippen molar-refractivity contribution in [1.29, 1.82) is 0 Å². The Balaban J connectivity index is 2.19. The van der Waals surface area contributed by atoms with Crippen LogP contribution >= 0.6 is 11.3 Å². The van der Waals surface area contributed by atoms with Crippen LogP contribution in [-0.4, -0.2) is 15.5 Å². The molecule has 0 spiro atoms. The monoisotopic (exact) mass is 305 g/mol. The predicted molar refractivity (Wildman–Crippen MR) is 83.7 cm³/mol. The van der Waals surface area contributed by atoms with Crippen LogP contribution in [0.25, 0.3) is 10.2 Å². The van der Waals surface area contributed by atoms with Crippen molar-refractivity contribution in [3.05, 3.63) is 26.6 Å². The smallest absolute Gasteiger partial charge is 0.262 e. The van der Waals surface area contributed by atoms with Crippen LogP contribution in [0.5, 0.6) is 0 Å². The lowest BCUT2D eigenvalue weighted by molar-refractivity contribution is -0.118. The summed E-state index contributed by atoms with van der Waals surface area (Å²) in [6.07, 6.45) is 5.19. The van der Waals surface area contributed by atoms with Gasteiger partial charge in [-0.1, -0.05) is 6.92 Å². The standard InChI is InChI=1S/C15H19N3O2S/c1-2-12-17-14-13(9-5-3-4-6-10(9)21-14)15(20)18(12)8-7-11(16)19/h2-8H2,1H3,(H2,16,19). The summed E-state index contributed by atoms with van der Waals surface area (Å²) < 4.78 is 1.63. The van der Waals surface area contributed by atoms with Gasteiger partial charge in [0.15, 0.2) is 0 Å². The molecule has 3 rings (SSSR count). The van der Waals surface area contributed by atoms with E-state index >= 15 is 0 Å². The lowest BCUT2D eigenvalue weighted by Gasteiger charge is -2.12. The molecule has 0 aliphatic heterocycles. The third-order valence-corrected chi connectivity index (χ3v) is 5.24. The van der Waals surface area contributed by atoms with Gasteiger partial charge in [0.25, 0.3) is 5.56 Å². The molecule has 5 nitrogen and oxygen atoms in total. The number of nitrogens with zero attached hydrogens (tertiary/aromatic N) is 2. The van der Waals surface area contributed by atoms with Gasteiger partial charge >= 0.3 is 0 Å². The molecule has 1 aliphatic carbocycles. The lowest BCUT2D eigenvalue weighted by Crippen LogP contribution is -2.27. The first kappa shape index (κ1) is 14.3. The van der Waals surface area contributed by atoms with Gasteiger partial charge in [-0.25, -0.2) is 4.98 Å². The normalized spacial score (nSPS) is 14.3. The number of hydrogen-bond donors (Lipinski definition) is 1. The Bertz CT molecular complexity index is 760. The number of carbonyl (C=O) groups excluding carboxylic acids is 1. The van der Waals surface area contributed by atoms with Crippen molar-refractivity contribution in [2.75, 3.05) is 0 Å². The Morgan fingerprint density at radius 2 is 2.14 bits per heavy atom. The third-order valence-electron chi connectivity index (χ3n) is 4.05. The quantitative estimate of drug-likeness (QED) is 0.935. The number of carbonyl (C=O) groups is 1. The Morgan fingerprint density at radius 3 is 2.86 bits per heavy atom. The summed E-state index contributed by atoms with van der Waals surface area (Å²) in [5.41, 5.74) is 6.40. The van der Waals surface area contributed by atoms with E-state index in [0.29, 0.717) is 13.0 Å². The fraction of sp³-hybridized carbons (Fsp3) is 0.533. The van der Waals surface area contributed by atoms with Gasteiger partial charge in [0, 0.05) is 24.3 Å². The molecule has 112 valence electrons. The minimum atomic E-state index is -0.392. The molecule has 0 fully saturated rings. The highest BCUT2D eigenvalue weighted by Crippen LogP contribution is 2.33. The molecule has 2 N–H and O–H groups in total. The number of nitrogens with two attached hydrogens (primary N) is 1. The first-order valence-electron chi connectivity index (χ1n) is 7.44. The summed E-state index contributed by atoms with van der Waals surface area (Å²) in [6, 6.07) is 0. The second kappa shape index (κ2) is 5.60. The Labute approximate surface area is 126 Å². The SMILES string of the molecule is CCc1nc2sc3c(c2c(=O)n1CCC(N)=O)CCCC3. The van der Waals surface area contributed by atoms with Crippen molar-refractivity contribution >= 4 is 27.5 Å². The fourth-order valence-corrected chi connectivity index (χ4v) is 4.27. The molecule has 0 saturated carbocycles. The molecule has 21 heavy (non-hydrogen) atoms.